The van der Waals surface area contributed by atoms with Gasteiger partial charge >= 0.3 is 6.03 Å². The fraction of sp³-hybridized carbons (Fsp3) is 0.750. The number of nitrogens with one attached hydrogen (secondary N) is 2. The molecule has 1 heterocycles. The summed E-state index contributed by atoms with van der Waals surface area (Å²) in [7, 11) is 0. The summed E-state index contributed by atoms with van der Waals surface area (Å²) in [5.41, 5.74) is 0.690. The highest BCUT2D eigenvalue weighted by atomic mass is 32.1. The molecule has 5 nitrogen and oxygen atoms in total. The van der Waals surface area contributed by atoms with E-state index in [2.05, 4.69) is 29.5 Å². The van der Waals surface area contributed by atoms with E-state index >= 15 is 0 Å². The molecule has 1 aliphatic rings. The zero-order valence-corrected chi connectivity index (χ0v) is 14.5. The third kappa shape index (κ3) is 4.20. The van der Waals surface area contributed by atoms with E-state index in [0.29, 0.717) is 6.54 Å². The number of aryl methyl sites for hydroxylation is 1. The van der Waals surface area contributed by atoms with Gasteiger partial charge in [-0.25, -0.2) is 9.78 Å². The molecule has 2 rings (SSSR count). The first kappa shape index (κ1) is 17.2. The maximum Gasteiger partial charge on any atom is 0.315 e. The number of aromatic nitrogens is 1. The van der Waals surface area contributed by atoms with Crippen LogP contribution in [0.1, 0.15) is 63.2 Å². The van der Waals surface area contributed by atoms with Gasteiger partial charge in [0, 0.05) is 17.3 Å². The van der Waals surface area contributed by atoms with Crippen LogP contribution in [0, 0.1) is 5.41 Å². The third-order valence-electron chi connectivity index (χ3n) is 4.60. The molecule has 0 spiro atoms. The Morgan fingerprint density at radius 2 is 2.36 bits per heavy atom. The lowest BCUT2D eigenvalue weighted by Gasteiger charge is -2.38. The Balaban J connectivity index is 1.82. The van der Waals surface area contributed by atoms with Crippen LogP contribution in [0.2, 0.25) is 0 Å². The van der Waals surface area contributed by atoms with E-state index < -0.39 is 0 Å². The van der Waals surface area contributed by atoms with Gasteiger partial charge in [0.2, 0.25) is 0 Å². The van der Waals surface area contributed by atoms with Crippen molar-refractivity contribution in [1.82, 2.24) is 15.6 Å². The molecular formula is C16H27N3O2S. The second-order valence-electron chi connectivity index (χ2n) is 6.48. The quantitative estimate of drug-likeness (QED) is 0.779. The second-order valence-corrected chi connectivity index (χ2v) is 7.43. The average molecular weight is 325 g/mol. The molecule has 6 heteroatoms. The molecule has 1 saturated carbocycles. The number of nitrogens with zero attached hydrogens (tertiary/aromatic N) is 1. The molecule has 1 aromatic rings. The number of rotatable bonds is 5. The largest absolute Gasteiger partial charge is 0.392 e. The minimum Gasteiger partial charge on any atom is -0.392 e. The molecule has 22 heavy (non-hydrogen) atoms. The maximum atomic E-state index is 12.1. The number of urea groups is 1. The molecule has 124 valence electrons. The molecule has 0 aromatic carbocycles. The number of hydrogen-bond acceptors (Lipinski definition) is 4. The SMILES string of the molecule is CCc1nc(C(C)NC(=O)NCC2(C)CCCCC2O)cs1. The lowest BCUT2D eigenvalue weighted by atomic mass is 9.73. The Kier molecular flexibility index (Phi) is 5.81. The molecule has 0 aliphatic heterocycles. The van der Waals surface area contributed by atoms with E-state index in [1.807, 2.05) is 12.3 Å². The van der Waals surface area contributed by atoms with Gasteiger partial charge in [-0.2, -0.15) is 0 Å². The zero-order chi connectivity index (χ0) is 16.2. The molecule has 3 unspecified atom stereocenters. The number of hydrogen-bond donors (Lipinski definition) is 3. The number of aliphatic hydroxyl groups excluding tert-OH is 1. The van der Waals surface area contributed by atoms with Crippen LogP contribution < -0.4 is 10.6 Å². The fourth-order valence-electron chi connectivity index (χ4n) is 2.88. The van der Waals surface area contributed by atoms with Crippen LogP contribution in [-0.4, -0.2) is 28.8 Å². The molecule has 2 amide bonds. The molecule has 3 N–H and O–H groups in total. The van der Waals surface area contributed by atoms with Crippen LogP contribution in [0.3, 0.4) is 0 Å². The van der Waals surface area contributed by atoms with Gasteiger partial charge in [0.1, 0.15) is 0 Å². The third-order valence-corrected chi connectivity index (χ3v) is 5.61. The first-order chi connectivity index (χ1) is 10.4. The van der Waals surface area contributed by atoms with Gasteiger partial charge in [-0.1, -0.05) is 26.7 Å². The summed E-state index contributed by atoms with van der Waals surface area (Å²) in [5, 5.41) is 19.1. The fourth-order valence-corrected chi connectivity index (χ4v) is 3.72. The van der Waals surface area contributed by atoms with E-state index in [0.717, 1.165) is 42.8 Å². The van der Waals surface area contributed by atoms with Crippen molar-refractivity contribution in [3.63, 3.8) is 0 Å². The Bertz CT molecular complexity index is 505. The van der Waals surface area contributed by atoms with Gasteiger partial charge in [-0.3, -0.25) is 0 Å². The van der Waals surface area contributed by atoms with E-state index in [9.17, 15) is 9.90 Å². The highest BCUT2D eigenvalue weighted by Crippen LogP contribution is 2.35. The van der Waals surface area contributed by atoms with Crippen LogP contribution in [0.25, 0.3) is 0 Å². The first-order valence-electron chi connectivity index (χ1n) is 8.11. The van der Waals surface area contributed by atoms with E-state index in [4.69, 9.17) is 0 Å². The number of thiazole rings is 1. The summed E-state index contributed by atoms with van der Waals surface area (Å²) in [6.45, 7) is 6.56. The van der Waals surface area contributed by atoms with Crippen molar-refractivity contribution in [3.8, 4) is 0 Å². The van der Waals surface area contributed by atoms with Crippen molar-refractivity contribution >= 4 is 17.4 Å². The van der Waals surface area contributed by atoms with Crippen molar-refractivity contribution in [2.24, 2.45) is 5.41 Å². The van der Waals surface area contributed by atoms with Gasteiger partial charge < -0.3 is 15.7 Å². The standard InChI is InChI=1S/C16H27N3O2S/c1-4-14-19-12(9-22-14)11(2)18-15(21)17-10-16(3)8-6-5-7-13(16)20/h9,11,13,20H,4-8,10H2,1-3H3,(H2,17,18,21). The van der Waals surface area contributed by atoms with E-state index in [-0.39, 0.29) is 23.6 Å². The molecule has 0 bridgehead atoms. The Morgan fingerprint density at radius 1 is 1.59 bits per heavy atom. The first-order valence-corrected chi connectivity index (χ1v) is 8.99. The number of amides is 2. The molecule has 1 fully saturated rings. The average Bonchev–Trinajstić information content (AvgIpc) is 2.98. The molecule has 0 radical (unpaired) electrons. The lowest BCUT2D eigenvalue weighted by molar-refractivity contribution is 0.00305. The zero-order valence-electron chi connectivity index (χ0n) is 13.7. The Labute approximate surface area is 136 Å². The van der Waals surface area contributed by atoms with Crippen LogP contribution in [0.4, 0.5) is 4.79 Å². The van der Waals surface area contributed by atoms with Crippen LogP contribution >= 0.6 is 11.3 Å². The molecule has 0 saturated heterocycles. The normalized spacial score (nSPS) is 26.5. The summed E-state index contributed by atoms with van der Waals surface area (Å²) >= 11 is 1.62. The Hall–Kier alpha value is -1.14. The van der Waals surface area contributed by atoms with Crippen LogP contribution in [0.5, 0.6) is 0 Å². The molecular weight excluding hydrogens is 298 g/mol. The predicted octanol–water partition coefficient (Wildman–Crippen LogP) is 3.01. The molecule has 1 aromatic heterocycles. The van der Waals surface area contributed by atoms with Crippen molar-refractivity contribution < 1.29 is 9.90 Å². The Morgan fingerprint density at radius 3 is 3.00 bits per heavy atom. The minimum absolute atomic E-state index is 0.111. The van der Waals surface area contributed by atoms with E-state index in [1.54, 1.807) is 11.3 Å². The van der Waals surface area contributed by atoms with Crippen molar-refractivity contribution in [2.45, 2.75) is 65.0 Å². The topological polar surface area (TPSA) is 74.2 Å². The summed E-state index contributed by atoms with van der Waals surface area (Å²) in [4.78, 5) is 16.6. The molecule has 3 atom stereocenters. The number of carbonyl (C=O) groups is 1. The van der Waals surface area contributed by atoms with Gasteiger partial charge in [-0.05, 0) is 26.2 Å². The van der Waals surface area contributed by atoms with Crippen molar-refractivity contribution in [3.05, 3.63) is 16.1 Å². The minimum atomic E-state index is -0.329. The maximum absolute atomic E-state index is 12.1. The van der Waals surface area contributed by atoms with Gasteiger partial charge in [0.15, 0.2) is 0 Å². The smallest absolute Gasteiger partial charge is 0.315 e. The van der Waals surface area contributed by atoms with E-state index in [1.165, 1.54) is 0 Å². The number of carbonyl (C=O) groups excluding carboxylic acids is 1. The number of aliphatic hydroxyl groups is 1. The summed E-state index contributed by atoms with van der Waals surface area (Å²) in [6.07, 6.45) is 4.56. The highest BCUT2D eigenvalue weighted by Gasteiger charge is 2.35. The lowest BCUT2D eigenvalue weighted by Crippen LogP contribution is -2.48. The second kappa shape index (κ2) is 7.42. The van der Waals surface area contributed by atoms with Crippen LogP contribution in [-0.2, 0) is 6.42 Å². The summed E-state index contributed by atoms with van der Waals surface area (Å²) in [6, 6.07) is -0.307. The monoisotopic (exact) mass is 325 g/mol. The predicted molar refractivity (Wildman–Crippen MR) is 89.0 cm³/mol. The van der Waals surface area contributed by atoms with Crippen LogP contribution in [0.15, 0.2) is 5.38 Å². The summed E-state index contributed by atoms with van der Waals surface area (Å²) < 4.78 is 0. The highest BCUT2D eigenvalue weighted by molar-refractivity contribution is 7.09. The van der Waals surface area contributed by atoms with Crippen molar-refractivity contribution in [2.75, 3.05) is 6.54 Å². The van der Waals surface area contributed by atoms with Gasteiger partial charge in [0.05, 0.1) is 22.8 Å². The molecule has 1 aliphatic carbocycles. The van der Waals surface area contributed by atoms with Gasteiger partial charge in [-0.15, -0.1) is 11.3 Å². The van der Waals surface area contributed by atoms with Gasteiger partial charge in [0.25, 0.3) is 0 Å². The summed E-state index contributed by atoms with van der Waals surface area (Å²) in [5.74, 6) is 0. The van der Waals surface area contributed by atoms with Crippen molar-refractivity contribution in [1.29, 1.82) is 0 Å².